The number of nitrogens with zero attached hydrogens (tertiary/aromatic N) is 6. The lowest BCUT2D eigenvalue weighted by Gasteiger charge is -2.23. The van der Waals surface area contributed by atoms with Crippen molar-refractivity contribution in [1.29, 1.82) is 0 Å². The van der Waals surface area contributed by atoms with Gasteiger partial charge in [-0.15, -0.1) is 11.3 Å². The Hall–Kier alpha value is -4.11. The highest BCUT2D eigenvalue weighted by Crippen LogP contribution is 2.34. The Labute approximate surface area is 206 Å². The average molecular weight is 481 g/mol. The van der Waals surface area contributed by atoms with E-state index in [2.05, 4.69) is 87.1 Å². The van der Waals surface area contributed by atoms with Crippen LogP contribution < -0.4 is 4.90 Å². The van der Waals surface area contributed by atoms with Gasteiger partial charge in [-0.05, 0) is 45.0 Å². The van der Waals surface area contributed by atoms with Crippen molar-refractivity contribution in [3.05, 3.63) is 60.1 Å². The van der Waals surface area contributed by atoms with E-state index in [4.69, 9.17) is 4.98 Å². The SMILES string of the molecule is Cc1ccc(-c2cncc3[nH]c(-c4[nH]nc5ncc(-c6cncc(N(C)C(C)C)c6)cc45)nc23)s1. The van der Waals surface area contributed by atoms with Crippen molar-refractivity contribution in [2.75, 3.05) is 11.9 Å². The maximum atomic E-state index is 4.94. The molecule has 6 rings (SSSR count). The molecule has 0 bridgehead atoms. The Morgan fingerprint density at radius 1 is 0.971 bits per heavy atom. The van der Waals surface area contributed by atoms with Crippen LogP contribution in [0.3, 0.4) is 0 Å². The molecule has 35 heavy (non-hydrogen) atoms. The predicted octanol–water partition coefficient (Wildman–Crippen LogP) is 5.84. The molecule has 6 heterocycles. The number of imidazole rings is 1. The van der Waals surface area contributed by atoms with Crippen molar-refractivity contribution < 1.29 is 0 Å². The van der Waals surface area contributed by atoms with Gasteiger partial charge in [-0.25, -0.2) is 9.97 Å². The second-order valence-electron chi connectivity index (χ2n) is 8.91. The lowest BCUT2D eigenvalue weighted by atomic mass is 10.1. The summed E-state index contributed by atoms with van der Waals surface area (Å²) in [5, 5.41) is 8.44. The minimum absolute atomic E-state index is 0.374. The van der Waals surface area contributed by atoms with E-state index in [-0.39, 0.29) is 0 Å². The van der Waals surface area contributed by atoms with Crippen LogP contribution in [0.1, 0.15) is 18.7 Å². The van der Waals surface area contributed by atoms with Gasteiger partial charge in [0.1, 0.15) is 11.2 Å². The van der Waals surface area contributed by atoms with Crippen LogP contribution in [0, 0.1) is 6.92 Å². The Bertz CT molecular complexity index is 1680. The van der Waals surface area contributed by atoms with Gasteiger partial charge in [-0.3, -0.25) is 15.1 Å². The number of aromatic amines is 2. The third-order valence-electron chi connectivity index (χ3n) is 6.29. The van der Waals surface area contributed by atoms with Crippen molar-refractivity contribution in [1.82, 2.24) is 35.1 Å². The highest BCUT2D eigenvalue weighted by Gasteiger charge is 2.17. The van der Waals surface area contributed by atoms with E-state index >= 15 is 0 Å². The fourth-order valence-corrected chi connectivity index (χ4v) is 5.00. The van der Waals surface area contributed by atoms with Crippen LogP contribution in [0.15, 0.2) is 55.2 Å². The Morgan fingerprint density at radius 3 is 2.60 bits per heavy atom. The molecule has 6 aromatic rings. The number of hydrogen-bond acceptors (Lipinski definition) is 7. The van der Waals surface area contributed by atoms with Crippen LogP contribution in [0.5, 0.6) is 0 Å². The minimum atomic E-state index is 0.374. The van der Waals surface area contributed by atoms with Gasteiger partial charge in [0.15, 0.2) is 11.5 Å². The number of thiophene rings is 1. The highest BCUT2D eigenvalue weighted by molar-refractivity contribution is 7.15. The van der Waals surface area contributed by atoms with E-state index in [9.17, 15) is 0 Å². The lowest BCUT2D eigenvalue weighted by Crippen LogP contribution is -2.25. The maximum absolute atomic E-state index is 4.94. The summed E-state index contributed by atoms with van der Waals surface area (Å²) in [6.45, 7) is 6.42. The first-order valence-corrected chi connectivity index (χ1v) is 12.2. The molecule has 0 aliphatic rings. The molecular weight excluding hydrogens is 456 g/mol. The van der Waals surface area contributed by atoms with E-state index in [0.717, 1.165) is 49.4 Å². The molecule has 0 spiro atoms. The molecule has 0 atom stereocenters. The first-order chi connectivity index (χ1) is 17.0. The van der Waals surface area contributed by atoms with Crippen LogP contribution >= 0.6 is 11.3 Å². The zero-order chi connectivity index (χ0) is 24.1. The molecule has 0 radical (unpaired) electrons. The summed E-state index contributed by atoms with van der Waals surface area (Å²) in [7, 11) is 2.07. The molecule has 0 amide bonds. The number of aryl methyl sites for hydroxylation is 1. The number of H-pyrrole nitrogens is 2. The number of rotatable bonds is 5. The number of nitrogens with one attached hydrogen (secondary N) is 2. The monoisotopic (exact) mass is 480 g/mol. The quantitative estimate of drug-likeness (QED) is 0.322. The molecule has 2 N–H and O–H groups in total. The van der Waals surface area contributed by atoms with Gasteiger partial charge < -0.3 is 9.88 Å². The van der Waals surface area contributed by atoms with Crippen molar-refractivity contribution in [2.45, 2.75) is 26.8 Å². The molecule has 0 aliphatic heterocycles. The van der Waals surface area contributed by atoms with Gasteiger partial charge in [-0.1, -0.05) is 0 Å². The van der Waals surface area contributed by atoms with Gasteiger partial charge in [0.25, 0.3) is 0 Å². The van der Waals surface area contributed by atoms with E-state index in [1.165, 1.54) is 4.88 Å². The highest BCUT2D eigenvalue weighted by atomic mass is 32.1. The summed E-state index contributed by atoms with van der Waals surface area (Å²) in [6.07, 6.45) is 9.26. The topological polar surface area (TPSA) is 99.3 Å². The van der Waals surface area contributed by atoms with Crippen molar-refractivity contribution in [2.24, 2.45) is 0 Å². The number of anilines is 1. The number of hydrogen-bond donors (Lipinski definition) is 2. The molecule has 0 fully saturated rings. The third-order valence-corrected chi connectivity index (χ3v) is 7.32. The molecule has 0 saturated heterocycles. The van der Waals surface area contributed by atoms with Crippen LogP contribution in [-0.4, -0.2) is 48.2 Å². The van der Waals surface area contributed by atoms with E-state index < -0.39 is 0 Å². The normalized spacial score (nSPS) is 11.7. The third kappa shape index (κ3) is 3.74. The predicted molar refractivity (Wildman–Crippen MR) is 142 cm³/mol. The number of pyridine rings is 3. The van der Waals surface area contributed by atoms with Gasteiger partial charge >= 0.3 is 0 Å². The van der Waals surface area contributed by atoms with Crippen molar-refractivity contribution in [3.8, 4) is 33.1 Å². The lowest BCUT2D eigenvalue weighted by molar-refractivity contribution is 0.753. The second kappa shape index (κ2) is 8.28. The van der Waals surface area contributed by atoms with Crippen LogP contribution in [0.25, 0.3) is 55.2 Å². The fourth-order valence-electron chi connectivity index (χ4n) is 4.13. The van der Waals surface area contributed by atoms with Crippen molar-refractivity contribution >= 4 is 39.1 Å². The Kier molecular flexibility index (Phi) is 5.07. The standard InChI is InChI=1S/C26H24N8S/c1-14(2)34(4)18-7-16(9-27-11-18)17-8-19-24(32-33-25(19)29-10-17)26-30-21-13-28-12-20(23(21)31-26)22-6-5-15(3)35-22/h5-14H,1-4H3,(H,30,31)(H,29,32,33). The zero-order valence-electron chi connectivity index (χ0n) is 19.9. The molecule has 9 heteroatoms. The average Bonchev–Trinajstić information content (AvgIpc) is 3.60. The first kappa shape index (κ1) is 21.4. The van der Waals surface area contributed by atoms with Gasteiger partial charge in [-0.2, -0.15) is 5.10 Å². The Morgan fingerprint density at radius 2 is 1.80 bits per heavy atom. The number of fused-ring (bicyclic) bond motifs is 2. The zero-order valence-corrected chi connectivity index (χ0v) is 20.7. The summed E-state index contributed by atoms with van der Waals surface area (Å²) < 4.78 is 0. The summed E-state index contributed by atoms with van der Waals surface area (Å²) in [5.74, 6) is 0.704. The van der Waals surface area contributed by atoms with E-state index in [1.54, 1.807) is 17.5 Å². The summed E-state index contributed by atoms with van der Waals surface area (Å²) in [5.41, 5.74) is 7.25. The molecule has 0 aromatic carbocycles. The molecular formula is C26H24N8S. The van der Waals surface area contributed by atoms with Crippen LogP contribution in [-0.2, 0) is 0 Å². The summed E-state index contributed by atoms with van der Waals surface area (Å²) >= 11 is 1.74. The molecule has 6 aromatic heterocycles. The van der Waals surface area contributed by atoms with E-state index in [0.29, 0.717) is 17.5 Å². The van der Waals surface area contributed by atoms with Gasteiger partial charge in [0, 0.05) is 58.1 Å². The number of aromatic nitrogens is 7. The molecule has 0 unspecified atom stereocenters. The summed E-state index contributed by atoms with van der Waals surface area (Å²) in [6, 6.07) is 8.83. The smallest absolute Gasteiger partial charge is 0.181 e. The van der Waals surface area contributed by atoms with Crippen molar-refractivity contribution in [3.63, 3.8) is 0 Å². The first-order valence-electron chi connectivity index (χ1n) is 11.4. The fraction of sp³-hybridized carbons (Fsp3) is 0.192. The largest absolute Gasteiger partial charge is 0.371 e. The molecule has 0 aliphatic carbocycles. The summed E-state index contributed by atoms with van der Waals surface area (Å²) in [4.78, 5) is 26.5. The maximum Gasteiger partial charge on any atom is 0.181 e. The van der Waals surface area contributed by atoms with Gasteiger partial charge in [0.2, 0.25) is 0 Å². The molecule has 174 valence electrons. The second-order valence-corrected chi connectivity index (χ2v) is 10.2. The molecule has 8 nitrogen and oxygen atoms in total. The minimum Gasteiger partial charge on any atom is -0.371 e. The Balaban J connectivity index is 1.45. The molecule has 0 saturated carbocycles. The van der Waals surface area contributed by atoms with Crippen LogP contribution in [0.4, 0.5) is 5.69 Å². The van der Waals surface area contributed by atoms with Crippen LogP contribution in [0.2, 0.25) is 0 Å². The van der Waals surface area contributed by atoms with E-state index in [1.807, 2.05) is 24.8 Å². The van der Waals surface area contributed by atoms with Gasteiger partial charge in [0.05, 0.1) is 29.0 Å².